The summed E-state index contributed by atoms with van der Waals surface area (Å²) >= 11 is 7.81. The summed E-state index contributed by atoms with van der Waals surface area (Å²) < 4.78 is 49.0. The second kappa shape index (κ2) is 13.8. The molecule has 0 aliphatic carbocycles. The number of carbonyl (C=O) groups is 3. The van der Waals surface area contributed by atoms with E-state index in [1.54, 1.807) is 16.5 Å². The molecular weight excluding hydrogens is 709 g/mol. The fourth-order valence-corrected chi connectivity index (χ4v) is 7.45. The Labute approximate surface area is 298 Å². The number of carboxylic acids is 1. The van der Waals surface area contributed by atoms with E-state index in [0.717, 1.165) is 18.2 Å². The molecule has 7 rings (SSSR count). The molecule has 0 saturated carbocycles. The number of thiazole rings is 1. The maximum Gasteiger partial charge on any atom is 0.338 e. The fraction of sp³-hybridized carbons (Fsp3) is 0.229. The van der Waals surface area contributed by atoms with Crippen molar-refractivity contribution in [2.24, 2.45) is 4.99 Å². The number of nitrogens with zero attached hydrogens (tertiary/aromatic N) is 5. The van der Waals surface area contributed by atoms with Gasteiger partial charge in [0, 0.05) is 71.8 Å². The van der Waals surface area contributed by atoms with Crippen molar-refractivity contribution < 1.29 is 37.4 Å². The van der Waals surface area contributed by atoms with E-state index in [2.05, 4.69) is 15.2 Å². The van der Waals surface area contributed by atoms with Gasteiger partial charge < -0.3 is 20.1 Å². The average molecular weight is 737 g/mol. The van der Waals surface area contributed by atoms with Crippen LogP contribution < -0.4 is 10.2 Å². The van der Waals surface area contributed by atoms with Gasteiger partial charge in [-0.3, -0.25) is 14.8 Å². The molecule has 0 spiro atoms. The van der Waals surface area contributed by atoms with E-state index in [9.17, 15) is 32.7 Å². The Morgan fingerprint density at radius 1 is 1.06 bits per heavy atom. The molecule has 51 heavy (non-hydrogen) atoms. The molecule has 2 amide bonds. The minimum Gasteiger partial charge on any atom is -0.478 e. The molecule has 16 heteroatoms. The molecule has 3 aliphatic heterocycles. The number of piperazine rings is 1. The number of amidine groups is 1. The first-order valence-corrected chi connectivity index (χ1v) is 16.9. The van der Waals surface area contributed by atoms with Crippen LogP contribution in [0.3, 0.4) is 0 Å². The van der Waals surface area contributed by atoms with Gasteiger partial charge in [-0.15, -0.1) is 11.3 Å². The van der Waals surface area contributed by atoms with Crippen LogP contribution in [0.25, 0.3) is 11.1 Å². The van der Waals surface area contributed by atoms with E-state index in [1.165, 1.54) is 59.7 Å². The lowest BCUT2D eigenvalue weighted by Crippen LogP contribution is -2.53. The van der Waals surface area contributed by atoms with Crippen molar-refractivity contribution in [3.05, 3.63) is 116 Å². The summed E-state index contributed by atoms with van der Waals surface area (Å²) in [5, 5.41) is 14.9. The van der Waals surface area contributed by atoms with E-state index in [4.69, 9.17) is 21.3 Å². The smallest absolute Gasteiger partial charge is 0.338 e. The number of ether oxygens (including phenoxy) is 1. The van der Waals surface area contributed by atoms with Gasteiger partial charge in [0.2, 0.25) is 0 Å². The van der Waals surface area contributed by atoms with Gasteiger partial charge in [0.25, 0.3) is 0 Å². The highest BCUT2D eigenvalue weighted by atomic mass is 35.5. The number of carboxylic acid groups (broad SMARTS) is 1. The zero-order chi connectivity index (χ0) is 36.0. The predicted molar refractivity (Wildman–Crippen MR) is 183 cm³/mol. The molecule has 4 heterocycles. The van der Waals surface area contributed by atoms with Crippen molar-refractivity contribution in [3.8, 4) is 11.1 Å². The number of anilines is 1. The van der Waals surface area contributed by atoms with Crippen molar-refractivity contribution in [1.82, 2.24) is 20.1 Å². The average Bonchev–Trinajstić information content (AvgIpc) is 3.76. The van der Waals surface area contributed by atoms with Gasteiger partial charge in [0.15, 0.2) is 10.8 Å². The third-order valence-corrected chi connectivity index (χ3v) is 10.1. The number of rotatable bonds is 8. The summed E-state index contributed by atoms with van der Waals surface area (Å²) in [5.41, 5.74) is 1.20. The first-order chi connectivity index (χ1) is 24.5. The topological polar surface area (TPSA) is 128 Å². The van der Waals surface area contributed by atoms with Crippen LogP contribution in [-0.4, -0.2) is 89.6 Å². The number of amides is 2. The zero-order valence-electron chi connectivity index (χ0n) is 26.8. The van der Waals surface area contributed by atoms with Gasteiger partial charge in [-0.05, 0) is 48.0 Å². The molecule has 11 nitrogen and oxygen atoms in total. The third kappa shape index (κ3) is 6.67. The highest BCUT2D eigenvalue weighted by Gasteiger charge is 2.42. The Morgan fingerprint density at radius 2 is 1.88 bits per heavy atom. The standard InChI is InChI=1S/C35H28ClF3N6O5S/c1-50-34(48)29-28(41-31(32-40-6-9-51-32)42-30(29)25-5-3-20(37)14-26(25)36)17-43-7-8-44-23(15-43)16-45(35(44)49)22-11-19(10-21(38)13-22)24-4-2-18(33(46)47)12-27(24)39/h2-6,9-14,23,30H,7-8,15-17H2,1H3,(H,41,42)(H,46,47)/t23-,30-/m0/s1. The number of hydrogen-bond donors (Lipinski definition) is 2. The van der Waals surface area contributed by atoms with Gasteiger partial charge in [-0.1, -0.05) is 23.7 Å². The number of methoxy groups -OCH3 is 1. The monoisotopic (exact) mass is 736 g/mol. The SMILES string of the molecule is COC(=O)C1=C(CN2CCN3C(=O)N(c4cc(F)cc(-c5ccc(C(=O)O)cc5F)c4)C[C@@H]3C2)NC(c2nccs2)=N[C@H]1c1ccc(F)cc1Cl. The molecule has 2 atom stereocenters. The first kappa shape index (κ1) is 34.2. The van der Waals surface area contributed by atoms with E-state index >= 15 is 0 Å². The Balaban J connectivity index is 1.16. The normalized spacial score (nSPS) is 19.2. The van der Waals surface area contributed by atoms with Gasteiger partial charge in [-0.25, -0.2) is 32.5 Å². The Hall–Kier alpha value is -5.25. The molecule has 3 aromatic carbocycles. The lowest BCUT2D eigenvalue weighted by molar-refractivity contribution is -0.136. The van der Waals surface area contributed by atoms with Gasteiger partial charge >= 0.3 is 18.0 Å². The minimum absolute atomic E-state index is 0.00755. The van der Waals surface area contributed by atoms with Gasteiger partial charge in [0.05, 0.1) is 24.3 Å². The summed E-state index contributed by atoms with van der Waals surface area (Å²) in [6, 6.07) is 9.45. The van der Waals surface area contributed by atoms with Gasteiger partial charge in [0.1, 0.15) is 23.5 Å². The number of halogens is 4. The molecule has 262 valence electrons. The highest BCUT2D eigenvalue weighted by molar-refractivity contribution is 7.11. The number of aromatic nitrogens is 1. The van der Waals surface area contributed by atoms with Crippen LogP contribution >= 0.6 is 22.9 Å². The number of benzene rings is 3. The van der Waals surface area contributed by atoms with E-state index in [1.807, 2.05) is 0 Å². The van der Waals surface area contributed by atoms with E-state index in [0.29, 0.717) is 41.7 Å². The van der Waals surface area contributed by atoms with Crippen LogP contribution in [0, 0.1) is 17.5 Å². The number of aromatic carboxylic acids is 1. The number of nitrogens with one attached hydrogen (secondary N) is 1. The molecule has 1 aromatic heterocycles. The summed E-state index contributed by atoms with van der Waals surface area (Å²) in [5.74, 6) is -3.62. The molecule has 4 aromatic rings. The number of urea groups is 1. The summed E-state index contributed by atoms with van der Waals surface area (Å²) in [6.07, 6.45) is 1.62. The van der Waals surface area contributed by atoms with Crippen molar-refractivity contribution in [3.63, 3.8) is 0 Å². The Kier molecular flexibility index (Phi) is 9.26. The summed E-state index contributed by atoms with van der Waals surface area (Å²) in [6.45, 7) is 1.57. The Bertz CT molecular complexity index is 2130. The highest BCUT2D eigenvalue weighted by Crippen LogP contribution is 2.38. The molecular formula is C35H28ClF3N6O5S. The van der Waals surface area contributed by atoms with Crippen molar-refractivity contribution in [2.45, 2.75) is 12.1 Å². The number of fused-ring (bicyclic) bond motifs is 1. The van der Waals surface area contributed by atoms with Crippen molar-refractivity contribution >= 4 is 52.4 Å². The second-order valence-corrected chi connectivity index (χ2v) is 13.4. The maximum atomic E-state index is 14.9. The zero-order valence-corrected chi connectivity index (χ0v) is 28.3. The van der Waals surface area contributed by atoms with E-state index in [-0.39, 0.29) is 58.1 Å². The second-order valence-electron chi connectivity index (χ2n) is 12.1. The third-order valence-electron chi connectivity index (χ3n) is 8.96. The van der Waals surface area contributed by atoms with E-state index < -0.39 is 35.4 Å². The number of esters is 1. The van der Waals surface area contributed by atoms with Crippen LogP contribution in [0.5, 0.6) is 0 Å². The summed E-state index contributed by atoms with van der Waals surface area (Å²) in [4.78, 5) is 52.6. The first-order valence-electron chi connectivity index (χ1n) is 15.7. The number of hydrogen-bond acceptors (Lipinski definition) is 9. The molecule has 0 unspecified atom stereocenters. The van der Waals surface area contributed by atoms with Crippen molar-refractivity contribution in [2.75, 3.05) is 44.7 Å². The maximum absolute atomic E-state index is 14.9. The van der Waals surface area contributed by atoms with Crippen molar-refractivity contribution in [1.29, 1.82) is 0 Å². The van der Waals surface area contributed by atoms with Crippen LogP contribution in [0.15, 0.2) is 82.4 Å². The number of aliphatic imine (C=N–C) groups is 1. The van der Waals surface area contributed by atoms with Crippen LogP contribution in [-0.2, 0) is 9.53 Å². The predicted octanol–water partition coefficient (Wildman–Crippen LogP) is 5.72. The molecule has 2 N–H and O–H groups in total. The molecule has 0 radical (unpaired) electrons. The van der Waals surface area contributed by atoms with Crippen LogP contribution in [0.1, 0.15) is 27.0 Å². The fourth-order valence-electron chi connectivity index (χ4n) is 6.59. The molecule has 2 fully saturated rings. The molecule has 3 aliphatic rings. The van der Waals surface area contributed by atoms with Gasteiger partial charge in [-0.2, -0.15) is 0 Å². The minimum atomic E-state index is -1.30. The largest absolute Gasteiger partial charge is 0.478 e. The quantitative estimate of drug-likeness (QED) is 0.220. The Morgan fingerprint density at radius 3 is 2.59 bits per heavy atom. The lowest BCUT2D eigenvalue weighted by atomic mass is 9.95. The summed E-state index contributed by atoms with van der Waals surface area (Å²) in [7, 11) is 1.26. The molecule has 2 saturated heterocycles. The number of carbonyl (C=O) groups excluding carboxylic acids is 2. The van der Waals surface area contributed by atoms with Crippen LogP contribution in [0.4, 0.5) is 23.7 Å². The van der Waals surface area contributed by atoms with Crippen LogP contribution in [0.2, 0.25) is 5.02 Å². The molecule has 0 bridgehead atoms. The lowest BCUT2D eigenvalue weighted by Gasteiger charge is -2.38.